The smallest absolute Gasteiger partial charge is 0.0717 e. The van der Waals surface area contributed by atoms with Gasteiger partial charge in [-0.2, -0.15) is 0 Å². The molecule has 0 amide bonds. The summed E-state index contributed by atoms with van der Waals surface area (Å²) in [5.74, 6) is 0. The fourth-order valence-corrected chi connectivity index (χ4v) is 2.83. The molecule has 1 aliphatic heterocycles. The van der Waals surface area contributed by atoms with Crippen LogP contribution in [0.25, 0.3) is 0 Å². The van der Waals surface area contributed by atoms with E-state index in [0.29, 0.717) is 6.04 Å². The summed E-state index contributed by atoms with van der Waals surface area (Å²) in [6, 6.07) is 9.39. The molecule has 2 rings (SSSR count). The van der Waals surface area contributed by atoms with E-state index in [1.165, 1.54) is 43.4 Å². The van der Waals surface area contributed by atoms with Crippen LogP contribution in [0.3, 0.4) is 0 Å². The number of likely N-dealkylation sites (tertiary alicyclic amines) is 1. The maximum atomic E-state index is 5.91. The highest BCUT2D eigenvalue weighted by atomic mass is 16.5. The largest absolute Gasteiger partial charge is 0.375 e. The highest BCUT2D eigenvalue weighted by molar-refractivity contribution is 5.21. The average molecular weight is 290 g/mol. The van der Waals surface area contributed by atoms with E-state index in [1.54, 1.807) is 0 Å². The third-order valence-corrected chi connectivity index (χ3v) is 4.28. The first-order valence-electron chi connectivity index (χ1n) is 8.36. The standard InChI is InChI=1S/C18H30N2O/c1-3-11-19-13-16-7-9-17(10-8-16)14-21-15-18-6-4-5-12-20(18)2/h7-10,18-19H,3-6,11-15H2,1-2H3. The molecule has 1 N–H and O–H groups in total. The first kappa shape index (κ1) is 16.5. The Morgan fingerprint density at radius 1 is 1.19 bits per heavy atom. The van der Waals surface area contributed by atoms with E-state index in [2.05, 4.69) is 48.5 Å². The van der Waals surface area contributed by atoms with Gasteiger partial charge in [0, 0.05) is 12.6 Å². The molecule has 0 aromatic heterocycles. The number of ether oxygens (including phenoxy) is 1. The summed E-state index contributed by atoms with van der Waals surface area (Å²) in [5, 5.41) is 3.43. The van der Waals surface area contributed by atoms with Gasteiger partial charge in [0.2, 0.25) is 0 Å². The number of hydrogen-bond donors (Lipinski definition) is 1. The molecule has 0 bridgehead atoms. The first-order chi connectivity index (χ1) is 10.3. The molecular formula is C18H30N2O. The van der Waals surface area contributed by atoms with Gasteiger partial charge >= 0.3 is 0 Å². The second-order valence-electron chi connectivity index (χ2n) is 6.14. The van der Waals surface area contributed by atoms with Gasteiger partial charge in [-0.05, 0) is 50.5 Å². The molecule has 0 aliphatic carbocycles. The molecule has 0 saturated carbocycles. The molecule has 3 heteroatoms. The predicted molar refractivity (Wildman–Crippen MR) is 88.4 cm³/mol. The van der Waals surface area contributed by atoms with Crippen molar-refractivity contribution < 1.29 is 4.74 Å². The normalized spacial score (nSPS) is 19.8. The minimum Gasteiger partial charge on any atom is -0.375 e. The number of piperidine rings is 1. The summed E-state index contributed by atoms with van der Waals surface area (Å²) >= 11 is 0. The highest BCUT2D eigenvalue weighted by Gasteiger charge is 2.18. The van der Waals surface area contributed by atoms with Crippen LogP contribution in [0.1, 0.15) is 43.7 Å². The average Bonchev–Trinajstić information content (AvgIpc) is 2.51. The summed E-state index contributed by atoms with van der Waals surface area (Å²) in [6.45, 7) is 7.04. The topological polar surface area (TPSA) is 24.5 Å². The number of benzene rings is 1. The zero-order chi connectivity index (χ0) is 14.9. The molecule has 0 spiro atoms. The molecule has 1 saturated heterocycles. The second-order valence-corrected chi connectivity index (χ2v) is 6.14. The van der Waals surface area contributed by atoms with Gasteiger partial charge in [0.05, 0.1) is 13.2 Å². The number of nitrogens with zero attached hydrogens (tertiary/aromatic N) is 1. The van der Waals surface area contributed by atoms with Crippen molar-refractivity contribution in [2.45, 2.75) is 51.8 Å². The van der Waals surface area contributed by atoms with E-state index in [4.69, 9.17) is 4.74 Å². The third-order valence-electron chi connectivity index (χ3n) is 4.28. The molecule has 1 unspecified atom stereocenters. The maximum Gasteiger partial charge on any atom is 0.0717 e. The lowest BCUT2D eigenvalue weighted by Gasteiger charge is -2.32. The third kappa shape index (κ3) is 5.77. The van der Waals surface area contributed by atoms with Gasteiger partial charge < -0.3 is 15.0 Å². The Morgan fingerprint density at radius 2 is 1.95 bits per heavy atom. The number of likely N-dealkylation sites (N-methyl/N-ethyl adjacent to an activating group) is 1. The zero-order valence-electron chi connectivity index (χ0n) is 13.6. The van der Waals surface area contributed by atoms with Crippen LogP contribution < -0.4 is 5.32 Å². The molecule has 21 heavy (non-hydrogen) atoms. The molecule has 1 heterocycles. The van der Waals surface area contributed by atoms with Crippen molar-refractivity contribution in [2.75, 3.05) is 26.7 Å². The van der Waals surface area contributed by atoms with E-state index < -0.39 is 0 Å². The van der Waals surface area contributed by atoms with Crippen molar-refractivity contribution in [3.05, 3.63) is 35.4 Å². The Labute approximate surface area is 129 Å². The molecule has 1 atom stereocenters. The zero-order valence-corrected chi connectivity index (χ0v) is 13.6. The molecular weight excluding hydrogens is 260 g/mol. The van der Waals surface area contributed by atoms with E-state index in [1.807, 2.05) is 0 Å². The monoisotopic (exact) mass is 290 g/mol. The Balaban J connectivity index is 1.68. The highest BCUT2D eigenvalue weighted by Crippen LogP contribution is 2.15. The number of rotatable bonds is 8. The van der Waals surface area contributed by atoms with Gasteiger partial charge in [-0.15, -0.1) is 0 Å². The van der Waals surface area contributed by atoms with Crippen LogP contribution in [0.5, 0.6) is 0 Å². The van der Waals surface area contributed by atoms with Crippen LogP contribution in [0.4, 0.5) is 0 Å². The molecule has 1 fully saturated rings. The summed E-state index contributed by atoms with van der Waals surface area (Å²) in [7, 11) is 2.21. The molecule has 118 valence electrons. The second kappa shape index (κ2) is 9.19. The van der Waals surface area contributed by atoms with Crippen molar-refractivity contribution in [1.82, 2.24) is 10.2 Å². The summed E-state index contributed by atoms with van der Waals surface area (Å²) in [6.07, 6.45) is 5.14. The van der Waals surface area contributed by atoms with Crippen molar-refractivity contribution >= 4 is 0 Å². The fraction of sp³-hybridized carbons (Fsp3) is 0.667. The van der Waals surface area contributed by atoms with Gasteiger partial charge in [-0.3, -0.25) is 0 Å². The maximum absolute atomic E-state index is 5.91. The van der Waals surface area contributed by atoms with Crippen LogP contribution in [0, 0.1) is 0 Å². The fourth-order valence-electron chi connectivity index (χ4n) is 2.83. The Hall–Kier alpha value is -0.900. The van der Waals surface area contributed by atoms with E-state index >= 15 is 0 Å². The Kier molecular flexibility index (Phi) is 7.20. The predicted octanol–water partition coefficient (Wildman–Crippen LogP) is 3.19. The van der Waals surface area contributed by atoms with Crippen molar-refractivity contribution in [3.63, 3.8) is 0 Å². The number of hydrogen-bond acceptors (Lipinski definition) is 3. The first-order valence-corrected chi connectivity index (χ1v) is 8.36. The number of nitrogens with one attached hydrogen (secondary N) is 1. The van der Waals surface area contributed by atoms with Crippen molar-refractivity contribution in [1.29, 1.82) is 0 Å². The van der Waals surface area contributed by atoms with E-state index in [-0.39, 0.29) is 0 Å². The molecule has 1 aliphatic rings. The van der Waals surface area contributed by atoms with Gasteiger partial charge in [-0.1, -0.05) is 37.6 Å². The minimum absolute atomic E-state index is 0.608. The van der Waals surface area contributed by atoms with Crippen LogP contribution >= 0.6 is 0 Å². The molecule has 1 aromatic rings. The quantitative estimate of drug-likeness (QED) is 0.744. The lowest BCUT2D eigenvalue weighted by molar-refractivity contribution is 0.0444. The van der Waals surface area contributed by atoms with E-state index in [9.17, 15) is 0 Å². The van der Waals surface area contributed by atoms with Crippen LogP contribution in [-0.4, -0.2) is 37.7 Å². The molecule has 0 radical (unpaired) electrons. The van der Waals surface area contributed by atoms with Crippen molar-refractivity contribution in [3.8, 4) is 0 Å². The summed E-state index contributed by atoms with van der Waals surface area (Å²) in [4.78, 5) is 2.44. The minimum atomic E-state index is 0.608. The summed E-state index contributed by atoms with van der Waals surface area (Å²) < 4.78 is 5.91. The SMILES string of the molecule is CCCNCc1ccc(COCC2CCCCN2C)cc1. The van der Waals surface area contributed by atoms with Gasteiger partial charge in [0.15, 0.2) is 0 Å². The van der Waals surface area contributed by atoms with Crippen LogP contribution in [0.2, 0.25) is 0 Å². The Bertz CT molecular complexity index is 391. The lowest BCUT2D eigenvalue weighted by Crippen LogP contribution is -2.39. The van der Waals surface area contributed by atoms with Gasteiger partial charge in [0.25, 0.3) is 0 Å². The van der Waals surface area contributed by atoms with E-state index in [0.717, 1.165) is 26.3 Å². The van der Waals surface area contributed by atoms with Gasteiger partial charge in [0.1, 0.15) is 0 Å². The van der Waals surface area contributed by atoms with Crippen LogP contribution in [-0.2, 0) is 17.9 Å². The van der Waals surface area contributed by atoms with Gasteiger partial charge in [-0.25, -0.2) is 0 Å². The van der Waals surface area contributed by atoms with Crippen molar-refractivity contribution in [2.24, 2.45) is 0 Å². The molecule has 3 nitrogen and oxygen atoms in total. The lowest BCUT2D eigenvalue weighted by atomic mass is 10.0. The Morgan fingerprint density at radius 3 is 2.67 bits per heavy atom. The molecule has 1 aromatic carbocycles. The van der Waals surface area contributed by atoms with Crippen LogP contribution in [0.15, 0.2) is 24.3 Å². The summed E-state index contributed by atoms with van der Waals surface area (Å²) in [5.41, 5.74) is 2.62.